The molecule has 0 fully saturated rings. The van der Waals surface area contributed by atoms with Gasteiger partial charge in [0, 0.05) is 18.7 Å². The zero-order valence-electron chi connectivity index (χ0n) is 15.9. The second-order valence-electron chi connectivity index (χ2n) is 5.77. The smallest absolute Gasteiger partial charge is 0.387 e. The topological polar surface area (TPSA) is 75.1 Å². The number of rotatable bonds is 9. The molecule has 0 aliphatic rings. The van der Waals surface area contributed by atoms with Crippen molar-refractivity contribution >= 4 is 5.96 Å². The van der Waals surface area contributed by atoms with Gasteiger partial charge < -0.3 is 25.2 Å². The van der Waals surface area contributed by atoms with Crippen LogP contribution in [-0.4, -0.2) is 30.8 Å². The number of aromatic hydroxyl groups is 1. The minimum Gasteiger partial charge on any atom is -0.508 e. The molecule has 0 aliphatic heterocycles. The molecule has 6 nitrogen and oxygen atoms in total. The molecule has 0 radical (unpaired) electrons. The maximum atomic E-state index is 12.8. The summed E-state index contributed by atoms with van der Waals surface area (Å²) in [6.07, 6.45) is 0. The SMILES string of the molecule is CCNC(=NCc1ccc(O)cc1)NCc1cccc(OCC)c1OC(F)F. The summed E-state index contributed by atoms with van der Waals surface area (Å²) in [5.74, 6) is 1.01. The summed E-state index contributed by atoms with van der Waals surface area (Å²) >= 11 is 0. The van der Waals surface area contributed by atoms with E-state index in [0.717, 1.165) is 5.56 Å². The van der Waals surface area contributed by atoms with Crippen molar-refractivity contribution in [3.8, 4) is 17.2 Å². The number of alkyl halides is 2. The number of phenolic OH excluding ortho intramolecular Hbond substituents is 1. The molecule has 0 unspecified atom stereocenters. The highest BCUT2D eigenvalue weighted by Gasteiger charge is 2.16. The molecule has 0 aliphatic carbocycles. The fraction of sp³-hybridized carbons (Fsp3) is 0.350. The lowest BCUT2D eigenvalue weighted by Gasteiger charge is -2.17. The Kier molecular flexibility index (Phi) is 8.33. The van der Waals surface area contributed by atoms with E-state index in [1.54, 1.807) is 49.4 Å². The second kappa shape index (κ2) is 11.0. The van der Waals surface area contributed by atoms with Gasteiger partial charge in [-0.05, 0) is 37.6 Å². The number of hydrogen-bond acceptors (Lipinski definition) is 4. The lowest BCUT2D eigenvalue weighted by Crippen LogP contribution is -2.36. The van der Waals surface area contributed by atoms with Gasteiger partial charge in [0.15, 0.2) is 17.5 Å². The van der Waals surface area contributed by atoms with Crippen LogP contribution in [0.5, 0.6) is 17.2 Å². The van der Waals surface area contributed by atoms with Gasteiger partial charge in [-0.15, -0.1) is 0 Å². The van der Waals surface area contributed by atoms with E-state index in [2.05, 4.69) is 20.4 Å². The van der Waals surface area contributed by atoms with Crippen LogP contribution in [0.4, 0.5) is 8.78 Å². The molecule has 8 heteroatoms. The van der Waals surface area contributed by atoms with Gasteiger partial charge >= 0.3 is 6.61 Å². The number of hydrogen-bond donors (Lipinski definition) is 3. The molecule has 0 spiro atoms. The van der Waals surface area contributed by atoms with Crippen LogP contribution in [0, 0.1) is 0 Å². The minimum atomic E-state index is -2.95. The first kappa shape index (κ1) is 21.3. The summed E-state index contributed by atoms with van der Waals surface area (Å²) < 4.78 is 35.7. The van der Waals surface area contributed by atoms with Crippen LogP contribution in [0.2, 0.25) is 0 Å². The van der Waals surface area contributed by atoms with Crippen molar-refractivity contribution < 1.29 is 23.4 Å². The summed E-state index contributed by atoms with van der Waals surface area (Å²) in [5.41, 5.74) is 1.46. The van der Waals surface area contributed by atoms with Crippen LogP contribution in [0.1, 0.15) is 25.0 Å². The van der Waals surface area contributed by atoms with E-state index in [-0.39, 0.29) is 23.8 Å². The first-order valence-electron chi connectivity index (χ1n) is 9.03. The van der Waals surface area contributed by atoms with Gasteiger partial charge in [-0.25, -0.2) is 4.99 Å². The van der Waals surface area contributed by atoms with E-state index in [9.17, 15) is 13.9 Å². The Morgan fingerprint density at radius 1 is 1.11 bits per heavy atom. The highest BCUT2D eigenvalue weighted by Crippen LogP contribution is 2.32. The molecule has 0 saturated heterocycles. The molecular weight excluding hydrogens is 368 g/mol. The summed E-state index contributed by atoms with van der Waals surface area (Å²) in [7, 11) is 0. The summed E-state index contributed by atoms with van der Waals surface area (Å²) in [6.45, 7) is 2.36. The molecule has 0 bridgehead atoms. The molecule has 152 valence electrons. The molecule has 2 aromatic rings. The van der Waals surface area contributed by atoms with Gasteiger partial charge in [0.1, 0.15) is 5.75 Å². The predicted octanol–water partition coefficient (Wildman–Crippen LogP) is 3.65. The van der Waals surface area contributed by atoms with E-state index in [0.29, 0.717) is 31.2 Å². The monoisotopic (exact) mass is 393 g/mol. The Hall–Kier alpha value is -3.03. The molecule has 0 aromatic heterocycles. The average molecular weight is 393 g/mol. The summed E-state index contributed by atoms with van der Waals surface area (Å²) in [5, 5.41) is 15.6. The van der Waals surface area contributed by atoms with Crippen LogP contribution in [0.25, 0.3) is 0 Å². The van der Waals surface area contributed by atoms with Crippen molar-refractivity contribution in [3.05, 3.63) is 53.6 Å². The number of aliphatic imine (C=N–C) groups is 1. The Bertz CT molecular complexity index is 768. The first-order valence-corrected chi connectivity index (χ1v) is 9.03. The van der Waals surface area contributed by atoms with Crippen molar-refractivity contribution in [2.45, 2.75) is 33.5 Å². The van der Waals surface area contributed by atoms with E-state index in [1.807, 2.05) is 6.92 Å². The second-order valence-corrected chi connectivity index (χ2v) is 5.77. The zero-order chi connectivity index (χ0) is 20.4. The van der Waals surface area contributed by atoms with Crippen LogP contribution in [-0.2, 0) is 13.1 Å². The van der Waals surface area contributed by atoms with Crippen LogP contribution in [0.3, 0.4) is 0 Å². The third-order valence-corrected chi connectivity index (χ3v) is 3.71. The maximum Gasteiger partial charge on any atom is 0.387 e. The van der Waals surface area contributed by atoms with E-state index < -0.39 is 6.61 Å². The molecular formula is C20H25F2N3O3. The van der Waals surface area contributed by atoms with E-state index in [1.165, 1.54) is 0 Å². The Balaban J connectivity index is 2.12. The van der Waals surface area contributed by atoms with Crippen molar-refractivity contribution in [1.82, 2.24) is 10.6 Å². The largest absolute Gasteiger partial charge is 0.508 e. The third kappa shape index (κ3) is 6.61. The molecule has 3 N–H and O–H groups in total. The van der Waals surface area contributed by atoms with Gasteiger partial charge in [0.25, 0.3) is 0 Å². The number of ether oxygens (including phenoxy) is 2. The highest BCUT2D eigenvalue weighted by atomic mass is 19.3. The first-order chi connectivity index (χ1) is 13.5. The van der Waals surface area contributed by atoms with Crippen LogP contribution < -0.4 is 20.1 Å². The lowest BCUT2D eigenvalue weighted by molar-refractivity contribution is -0.0520. The standard InChI is InChI=1S/C20H25F2N3O3/c1-3-23-20(24-12-14-8-10-16(26)11-9-14)25-13-15-6-5-7-17(27-4-2)18(15)28-19(21)22/h5-11,19,26H,3-4,12-13H2,1-2H3,(H2,23,24,25). The number of para-hydroxylation sites is 1. The quantitative estimate of drug-likeness (QED) is 0.448. The molecule has 0 atom stereocenters. The van der Waals surface area contributed by atoms with Crippen LogP contribution in [0.15, 0.2) is 47.5 Å². The maximum absolute atomic E-state index is 12.8. The van der Waals surface area contributed by atoms with Gasteiger partial charge in [0.2, 0.25) is 0 Å². The normalized spacial score (nSPS) is 11.4. The number of nitrogens with zero attached hydrogens (tertiary/aromatic N) is 1. The van der Waals surface area contributed by atoms with Crippen LogP contribution >= 0.6 is 0 Å². The number of guanidine groups is 1. The molecule has 0 saturated carbocycles. The number of halogens is 2. The van der Waals surface area contributed by atoms with Gasteiger partial charge in [-0.3, -0.25) is 0 Å². The highest BCUT2D eigenvalue weighted by molar-refractivity contribution is 5.79. The van der Waals surface area contributed by atoms with Crippen molar-refractivity contribution in [3.63, 3.8) is 0 Å². The van der Waals surface area contributed by atoms with Gasteiger partial charge in [-0.2, -0.15) is 8.78 Å². The predicted molar refractivity (Wildman–Crippen MR) is 104 cm³/mol. The molecule has 0 amide bonds. The minimum absolute atomic E-state index is 0.0150. The Morgan fingerprint density at radius 2 is 1.86 bits per heavy atom. The number of phenols is 1. The molecule has 2 aromatic carbocycles. The van der Waals surface area contributed by atoms with Crippen molar-refractivity contribution in [2.75, 3.05) is 13.2 Å². The molecule has 2 rings (SSSR count). The number of nitrogens with one attached hydrogen (secondary N) is 2. The van der Waals surface area contributed by atoms with Crippen molar-refractivity contribution in [1.29, 1.82) is 0 Å². The Morgan fingerprint density at radius 3 is 2.50 bits per heavy atom. The molecule has 0 heterocycles. The number of benzene rings is 2. The van der Waals surface area contributed by atoms with E-state index in [4.69, 9.17) is 4.74 Å². The van der Waals surface area contributed by atoms with Gasteiger partial charge in [0.05, 0.1) is 13.2 Å². The lowest BCUT2D eigenvalue weighted by atomic mass is 10.2. The summed E-state index contributed by atoms with van der Waals surface area (Å²) in [4.78, 5) is 4.47. The molecule has 28 heavy (non-hydrogen) atoms. The van der Waals surface area contributed by atoms with Crippen molar-refractivity contribution in [2.24, 2.45) is 4.99 Å². The van der Waals surface area contributed by atoms with Gasteiger partial charge in [-0.1, -0.05) is 24.3 Å². The Labute approximate surface area is 163 Å². The zero-order valence-corrected chi connectivity index (χ0v) is 15.9. The fourth-order valence-electron chi connectivity index (χ4n) is 2.48. The average Bonchev–Trinajstić information content (AvgIpc) is 2.67. The van der Waals surface area contributed by atoms with E-state index >= 15 is 0 Å². The summed E-state index contributed by atoms with van der Waals surface area (Å²) in [6, 6.07) is 11.8. The fourth-order valence-corrected chi connectivity index (χ4v) is 2.48. The third-order valence-electron chi connectivity index (χ3n) is 3.71.